The summed E-state index contributed by atoms with van der Waals surface area (Å²) >= 11 is 0. The summed E-state index contributed by atoms with van der Waals surface area (Å²) in [5.41, 5.74) is 3.56. The first-order valence-corrected chi connectivity index (χ1v) is 5.53. The molecule has 0 spiro atoms. The number of aryl methyl sites for hydroxylation is 1. The minimum atomic E-state index is -0.163. The SMILES string of the molecule is CNCCc1c(C)n(C)c2ccc(F)cc12. The van der Waals surface area contributed by atoms with E-state index in [0.717, 1.165) is 23.9 Å². The maximum Gasteiger partial charge on any atom is 0.123 e. The Hall–Kier alpha value is -1.35. The first-order valence-electron chi connectivity index (χ1n) is 5.53. The second-order valence-electron chi connectivity index (χ2n) is 4.14. The number of benzene rings is 1. The van der Waals surface area contributed by atoms with Gasteiger partial charge in [-0.25, -0.2) is 4.39 Å². The molecule has 3 heteroatoms. The van der Waals surface area contributed by atoms with Crippen molar-refractivity contribution in [3.05, 3.63) is 35.3 Å². The van der Waals surface area contributed by atoms with E-state index in [0.29, 0.717) is 0 Å². The molecule has 0 aliphatic heterocycles. The zero-order chi connectivity index (χ0) is 11.7. The standard InChI is InChI=1S/C13H17FN2/c1-9-11(6-7-15-2)12-8-10(14)4-5-13(12)16(9)3/h4-5,8,15H,6-7H2,1-3H3. The molecule has 0 saturated heterocycles. The van der Waals surface area contributed by atoms with Gasteiger partial charge in [0, 0.05) is 23.6 Å². The second kappa shape index (κ2) is 4.26. The van der Waals surface area contributed by atoms with Crippen LogP contribution < -0.4 is 5.32 Å². The number of hydrogen-bond acceptors (Lipinski definition) is 1. The largest absolute Gasteiger partial charge is 0.348 e. The van der Waals surface area contributed by atoms with Gasteiger partial charge in [0.25, 0.3) is 0 Å². The van der Waals surface area contributed by atoms with E-state index in [2.05, 4.69) is 16.8 Å². The van der Waals surface area contributed by atoms with Crippen LogP contribution in [-0.2, 0) is 13.5 Å². The van der Waals surface area contributed by atoms with Crippen molar-refractivity contribution in [3.8, 4) is 0 Å². The molecule has 0 radical (unpaired) electrons. The van der Waals surface area contributed by atoms with Crippen LogP contribution in [0.4, 0.5) is 4.39 Å². The van der Waals surface area contributed by atoms with Crippen LogP contribution in [-0.4, -0.2) is 18.2 Å². The lowest BCUT2D eigenvalue weighted by atomic mass is 10.1. The molecule has 0 bridgehead atoms. The molecule has 0 fully saturated rings. The van der Waals surface area contributed by atoms with E-state index in [1.807, 2.05) is 20.2 Å². The molecule has 86 valence electrons. The number of fused-ring (bicyclic) bond motifs is 1. The third kappa shape index (κ3) is 1.71. The second-order valence-corrected chi connectivity index (χ2v) is 4.14. The number of nitrogens with zero attached hydrogens (tertiary/aromatic N) is 1. The van der Waals surface area contributed by atoms with Crippen LogP contribution in [0.25, 0.3) is 10.9 Å². The van der Waals surface area contributed by atoms with Gasteiger partial charge in [0.05, 0.1) is 0 Å². The van der Waals surface area contributed by atoms with Crippen molar-refractivity contribution in [1.29, 1.82) is 0 Å². The van der Waals surface area contributed by atoms with Crippen LogP contribution >= 0.6 is 0 Å². The molecule has 0 unspecified atom stereocenters. The molecule has 0 atom stereocenters. The van der Waals surface area contributed by atoms with Crippen LogP contribution in [0.2, 0.25) is 0 Å². The first kappa shape index (κ1) is 11.1. The fourth-order valence-corrected chi connectivity index (χ4v) is 2.19. The highest BCUT2D eigenvalue weighted by molar-refractivity contribution is 5.85. The fourth-order valence-electron chi connectivity index (χ4n) is 2.19. The van der Waals surface area contributed by atoms with Crippen molar-refractivity contribution < 1.29 is 4.39 Å². The molecule has 1 aromatic carbocycles. The molecule has 1 aromatic heterocycles. The highest BCUT2D eigenvalue weighted by atomic mass is 19.1. The van der Waals surface area contributed by atoms with E-state index in [9.17, 15) is 4.39 Å². The lowest BCUT2D eigenvalue weighted by Gasteiger charge is -2.01. The number of likely N-dealkylation sites (N-methyl/N-ethyl adjacent to an activating group) is 1. The first-order chi connectivity index (χ1) is 7.65. The summed E-state index contributed by atoms with van der Waals surface area (Å²) in [6, 6.07) is 5.00. The molecule has 0 amide bonds. The predicted molar refractivity (Wildman–Crippen MR) is 65.2 cm³/mol. The summed E-state index contributed by atoms with van der Waals surface area (Å²) in [6.45, 7) is 3.00. The Balaban J connectivity index is 2.61. The average molecular weight is 220 g/mol. The minimum absolute atomic E-state index is 0.163. The molecular formula is C13H17FN2. The number of aromatic nitrogens is 1. The number of hydrogen-bond donors (Lipinski definition) is 1. The van der Waals surface area contributed by atoms with Gasteiger partial charge in [0.15, 0.2) is 0 Å². The molecule has 0 aliphatic rings. The molecule has 2 nitrogen and oxygen atoms in total. The van der Waals surface area contributed by atoms with Gasteiger partial charge in [-0.05, 0) is 50.7 Å². The Labute approximate surface area is 95.1 Å². The van der Waals surface area contributed by atoms with Crippen LogP contribution in [0.1, 0.15) is 11.3 Å². The third-order valence-corrected chi connectivity index (χ3v) is 3.21. The van der Waals surface area contributed by atoms with Crippen LogP contribution in [0.5, 0.6) is 0 Å². The minimum Gasteiger partial charge on any atom is -0.348 e. The van der Waals surface area contributed by atoms with Crippen LogP contribution in [0, 0.1) is 12.7 Å². The van der Waals surface area contributed by atoms with E-state index in [-0.39, 0.29) is 5.82 Å². The molecule has 0 aliphatic carbocycles. The summed E-state index contributed by atoms with van der Waals surface area (Å²) in [5, 5.41) is 4.17. The smallest absolute Gasteiger partial charge is 0.123 e. The van der Waals surface area contributed by atoms with E-state index in [1.54, 1.807) is 6.07 Å². The van der Waals surface area contributed by atoms with E-state index in [4.69, 9.17) is 0 Å². The van der Waals surface area contributed by atoms with Crippen molar-refractivity contribution in [1.82, 2.24) is 9.88 Å². The van der Waals surface area contributed by atoms with E-state index < -0.39 is 0 Å². The molecule has 0 saturated carbocycles. The Morgan fingerprint density at radius 1 is 1.38 bits per heavy atom. The van der Waals surface area contributed by atoms with Gasteiger partial charge in [0.2, 0.25) is 0 Å². The third-order valence-electron chi connectivity index (χ3n) is 3.21. The van der Waals surface area contributed by atoms with Gasteiger partial charge in [-0.2, -0.15) is 0 Å². The summed E-state index contributed by atoms with van der Waals surface area (Å²) in [6.07, 6.45) is 0.934. The summed E-state index contributed by atoms with van der Waals surface area (Å²) < 4.78 is 15.4. The van der Waals surface area contributed by atoms with Crippen LogP contribution in [0.3, 0.4) is 0 Å². The molecule has 1 N–H and O–H groups in total. The molecular weight excluding hydrogens is 203 g/mol. The topological polar surface area (TPSA) is 17.0 Å². The fraction of sp³-hybridized carbons (Fsp3) is 0.385. The van der Waals surface area contributed by atoms with Crippen molar-refractivity contribution >= 4 is 10.9 Å². The predicted octanol–water partition coefficient (Wildman–Crippen LogP) is 2.39. The average Bonchev–Trinajstić information content (AvgIpc) is 2.50. The van der Waals surface area contributed by atoms with E-state index in [1.165, 1.54) is 17.3 Å². The van der Waals surface area contributed by atoms with Gasteiger partial charge >= 0.3 is 0 Å². The number of rotatable bonds is 3. The van der Waals surface area contributed by atoms with Crippen molar-refractivity contribution in [2.45, 2.75) is 13.3 Å². The normalized spacial score (nSPS) is 11.2. The zero-order valence-electron chi connectivity index (χ0n) is 9.97. The van der Waals surface area contributed by atoms with Gasteiger partial charge < -0.3 is 9.88 Å². The molecule has 16 heavy (non-hydrogen) atoms. The molecule has 2 rings (SSSR count). The van der Waals surface area contributed by atoms with E-state index >= 15 is 0 Å². The summed E-state index contributed by atoms with van der Waals surface area (Å²) in [5.74, 6) is -0.163. The van der Waals surface area contributed by atoms with Gasteiger partial charge in [-0.3, -0.25) is 0 Å². The monoisotopic (exact) mass is 220 g/mol. The number of halogens is 1. The van der Waals surface area contributed by atoms with Crippen molar-refractivity contribution in [3.63, 3.8) is 0 Å². The van der Waals surface area contributed by atoms with Crippen LogP contribution in [0.15, 0.2) is 18.2 Å². The Morgan fingerprint density at radius 2 is 2.12 bits per heavy atom. The zero-order valence-corrected chi connectivity index (χ0v) is 9.97. The van der Waals surface area contributed by atoms with Gasteiger partial charge in [-0.15, -0.1) is 0 Å². The van der Waals surface area contributed by atoms with Crippen molar-refractivity contribution in [2.24, 2.45) is 7.05 Å². The Morgan fingerprint density at radius 3 is 2.81 bits per heavy atom. The maximum atomic E-state index is 13.3. The van der Waals surface area contributed by atoms with Gasteiger partial charge in [0.1, 0.15) is 5.82 Å². The Bertz CT molecular complexity index is 514. The van der Waals surface area contributed by atoms with Crippen molar-refractivity contribution in [2.75, 3.05) is 13.6 Å². The highest BCUT2D eigenvalue weighted by Gasteiger charge is 2.11. The summed E-state index contributed by atoms with van der Waals surface area (Å²) in [4.78, 5) is 0. The quantitative estimate of drug-likeness (QED) is 0.840. The highest BCUT2D eigenvalue weighted by Crippen LogP contribution is 2.25. The number of nitrogens with one attached hydrogen (secondary N) is 1. The molecule has 1 heterocycles. The lowest BCUT2D eigenvalue weighted by Crippen LogP contribution is -2.10. The lowest BCUT2D eigenvalue weighted by molar-refractivity contribution is 0.629. The summed E-state index contributed by atoms with van der Waals surface area (Å²) in [7, 11) is 3.96. The maximum absolute atomic E-state index is 13.3. The molecule has 2 aromatic rings. The van der Waals surface area contributed by atoms with Gasteiger partial charge in [-0.1, -0.05) is 0 Å². The Kier molecular flexibility index (Phi) is 2.97.